The van der Waals surface area contributed by atoms with Crippen LogP contribution in [0.2, 0.25) is 5.02 Å². The third-order valence-corrected chi connectivity index (χ3v) is 8.47. The van der Waals surface area contributed by atoms with Crippen molar-refractivity contribution < 1.29 is 22.7 Å². The number of hydrogen-bond acceptors (Lipinski definition) is 5. The zero-order valence-electron chi connectivity index (χ0n) is 22.8. The summed E-state index contributed by atoms with van der Waals surface area (Å²) in [5.74, 6) is -0.602. The largest absolute Gasteiger partial charge is 0.492 e. The van der Waals surface area contributed by atoms with Gasteiger partial charge in [-0.15, -0.1) is 0 Å². The normalized spacial score (nSPS) is 12.1. The summed E-state index contributed by atoms with van der Waals surface area (Å²) in [7, 11) is -4.25. The molecule has 0 unspecified atom stereocenters. The molecule has 3 aromatic carbocycles. The molecule has 0 spiro atoms. The smallest absolute Gasteiger partial charge is 0.264 e. The SMILES string of the molecule is CCOc1ccccc1N(CC(=O)N(Cc1cccc(Br)c1)[C@H](C)C(=O)NC(C)C)S(=O)(=O)c1ccc(Cl)cc1. The van der Waals surface area contributed by atoms with Crippen LogP contribution in [0.1, 0.15) is 33.3 Å². The van der Waals surface area contributed by atoms with Gasteiger partial charge in [0.2, 0.25) is 11.8 Å². The van der Waals surface area contributed by atoms with Crippen LogP contribution >= 0.6 is 27.5 Å². The van der Waals surface area contributed by atoms with Crippen molar-refractivity contribution in [3.63, 3.8) is 0 Å². The maximum atomic E-state index is 14.0. The second kappa shape index (κ2) is 14.0. The summed E-state index contributed by atoms with van der Waals surface area (Å²) in [4.78, 5) is 28.4. The number of sulfonamides is 1. The van der Waals surface area contributed by atoms with Crippen LogP contribution in [0.15, 0.2) is 82.2 Å². The molecule has 11 heteroatoms. The van der Waals surface area contributed by atoms with Crippen LogP contribution < -0.4 is 14.4 Å². The van der Waals surface area contributed by atoms with Gasteiger partial charge in [-0.3, -0.25) is 13.9 Å². The van der Waals surface area contributed by atoms with Gasteiger partial charge >= 0.3 is 0 Å². The van der Waals surface area contributed by atoms with Gasteiger partial charge in [-0.1, -0.05) is 51.8 Å². The zero-order valence-corrected chi connectivity index (χ0v) is 26.0. The Bertz CT molecular complexity index is 1430. The number of para-hydroxylation sites is 2. The molecule has 1 atom stereocenters. The summed E-state index contributed by atoms with van der Waals surface area (Å²) in [5, 5.41) is 3.22. The molecular weight excluding hydrogens is 618 g/mol. The summed E-state index contributed by atoms with van der Waals surface area (Å²) in [6, 6.07) is 18.7. The number of nitrogens with one attached hydrogen (secondary N) is 1. The molecule has 1 N–H and O–H groups in total. The van der Waals surface area contributed by atoms with E-state index in [4.69, 9.17) is 16.3 Å². The van der Waals surface area contributed by atoms with E-state index in [1.807, 2.05) is 38.1 Å². The average Bonchev–Trinajstić information content (AvgIpc) is 2.90. The summed E-state index contributed by atoms with van der Waals surface area (Å²) < 4.78 is 35.5. The predicted molar refractivity (Wildman–Crippen MR) is 161 cm³/mol. The maximum absolute atomic E-state index is 14.0. The number of anilines is 1. The Morgan fingerprint density at radius 2 is 1.68 bits per heavy atom. The van der Waals surface area contributed by atoms with E-state index in [2.05, 4.69) is 21.2 Å². The fourth-order valence-corrected chi connectivity index (χ4v) is 6.00. The fourth-order valence-electron chi connectivity index (χ4n) is 4.01. The van der Waals surface area contributed by atoms with Crippen molar-refractivity contribution in [2.24, 2.45) is 0 Å². The van der Waals surface area contributed by atoms with Crippen molar-refractivity contribution in [1.82, 2.24) is 10.2 Å². The van der Waals surface area contributed by atoms with Gasteiger partial charge in [0.25, 0.3) is 10.0 Å². The van der Waals surface area contributed by atoms with E-state index in [0.717, 1.165) is 14.3 Å². The quantitative estimate of drug-likeness (QED) is 0.274. The average molecular weight is 651 g/mol. The van der Waals surface area contributed by atoms with Gasteiger partial charge in [-0.2, -0.15) is 0 Å². The third kappa shape index (κ3) is 7.99. The molecule has 3 aromatic rings. The number of hydrogen-bond donors (Lipinski definition) is 1. The molecule has 0 saturated heterocycles. The lowest BCUT2D eigenvalue weighted by Crippen LogP contribution is -2.52. The molecule has 0 saturated carbocycles. The third-order valence-electron chi connectivity index (χ3n) is 5.95. The van der Waals surface area contributed by atoms with Gasteiger partial charge in [0.15, 0.2) is 0 Å². The van der Waals surface area contributed by atoms with Crippen LogP contribution in [-0.4, -0.2) is 50.4 Å². The maximum Gasteiger partial charge on any atom is 0.264 e. The standard InChI is InChI=1S/C29H33BrClN3O5S/c1-5-39-27-12-7-6-11-26(27)34(40(37,38)25-15-13-24(31)14-16-25)19-28(35)33(21(4)29(36)32-20(2)3)18-22-9-8-10-23(30)17-22/h6-17,20-21H,5,18-19H2,1-4H3,(H,32,36)/t21-/m1/s1. The molecule has 0 aromatic heterocycles. The summed E-state index contributed by atoms with van der Waals surface area (Å²) >= 11 is 9.45. The van der Waals surface area contributed by atoms with Gasteiger partial charge in [0, 0.05) is 22.1 Å². The van der Waals surface area contributed by atoms with E-state index in [1.165, 1.54) is 29.2 Å². The zero-order chi connectivity index (χ0) is 29.4. The van der Waals surface area contributed by atoms with Gasteiger partial charge in [0.1, 0.15) is 18.3 Å². The summed E-state index contributed by atoms with van der Waals surface area (Å²) in [6.07, 6.45) is 0. The molecule has 0 aliphatic carbocycles. The Morgan fingerprint density at radius 3 is 2.30 bits per heavy atom. The minimum atomic E-state index is -4.25. The van der Waals surface area contributed by atoms with Crippen molar-refractivity contribution in [1.29, 1.82) is 0 Å². The predicted octanol–water partition coefficient (Wildman–Crippen LogP) is 5.64. The van der Waals surface area contributed by atoms with Crippen molar-refractivity contribution in [3.05, 3.63) is 87.9 Å². The van der Waals surface area contributed by atoms with Crippen LogP contribution in [0.25, 0.3) is 0 Å². The van der Waals surface area contributed by atoms with E-state index in [9.17, 15) is 18.0 Å². The number of amides is 2. The summed E-state index contributed by atoms with van der Waals surface area (Å²) in [6.45, 7) is 6.89. The highest BCUT2D eigenvalue weighted by molar-refractivity contribution is 9.10. The molecule has 0 radical (unpaired) electrons. The van der Waals surface area contributed by atoms with Gasteiger partial charge < -0.3 is 15.0 Å². The van der Waals surface area contributed by atoms with Crippen LogP contribution in [0.5, 0.6) is 5.75 Å². The van der Waals surface area contributed by atoms with E-state index in [1.54, 1.807) is 38.1 Å². The van der Waals surface area contributed by atoms with E-state index in [0.29, 0.717) is 17.4 Å². The lowest BCUT2D eigenvalue weighted by atomic mass is 10.1. The lowest BCUT2D eigenvalue weighted by molar-refractivity contribution is -0.139. The van der Waals surface area contributed by atoms with Gasteiger partial charge in [0.05, 0.1) is 17.2 Å². The number of carbonyl (C=O) groups is 2. The van der Waals surface area contributed by atoms with Gasteiger partial charge in [-0.25, -0.2) is 8.42 Å². The molecule has 0 bridgehead atoms. The minimum Gasteiger partial charge on any atom is -0.492 e. The number of rotatable bonds is 12. The van der Waals surface area contributed by atoms with Crippen molar-refractivity contribution in [2.75, 3.05) is 17.5 Å². The first-order valence-electron chi connectivity index (χ1n) is 12.8. The Labute approximate surface area is 249 Å². The monoisotopic (exact) mass is 649 g/mol. The topological polar surface area (TPSA) is 96.0 Å². The molecule has 0 aliphatic rings. The highest BCUT2D eigenvalue weighted by Gasteiger charge is 2.34. The minimum absolute atomic E-state index is 0.0415. The first-order valence-corrected chi connectivity index (χ1v) is 15.4. The summed E-state index contributed by atoms with van der Waals surface area (Å²) in [5.41, 5.74) is 0.975. The van der Waals surface area contributed by atoms with E-state index < -0.39 is 28.5 Å². The molecule has 2 amide bonds. The van der Waals surface area contributed by atoms with E-state index in [-0.39, 0.29) is 29.1 Å². The first-order chi connectivity index (χ1) is 18.9. The van der Waals surface area contributed by atoms with Crippen LogP contribution in [0, 0.1) is 0 Å². The Hall–Kier alpha value is -3.08. The van der Waals surface area contributed by atoms with Gasteiger partial charge in [-0.05, 0) is 81.8 Å². The Morgan fingerprint density at radius 1 is 1.00 bits per heavy atom. The highest BCUT2D eigenvalue weighted by atomic mass is 79.9. The molecule has 40 heavy (non-hydrogen) atoms. The highest BCUT2D eigenvalue weighted by Crippen LogP contribution is 2.33. The Balaban J connectivity index is 2.09. The lowest BCUT2D eigenvalue weighted by Gasteiger charge is -2.32. The molecule has 214 valence electrons. The number of halogens is 2. The van der Waals surface area contributed by atoms with E-state index >= 15 is 0 Å². The van der Waals surface area contributed by atoms with Crippen LogP contribution in [0.4, 0.5) is 5.69 Å². The molecule has 8 nitrogen and oxygen atoms in total. The molecule has 0 aliphatic heterocycles. The Kier molecular flexibility index (Phi) is 11.0. The molecular formula is C29H33BrClN3O5S. The fraction of sp³-hybridized carbons (Fsp3) is 0.310. The van der Waals surface area contributed by atoms with Crippen LogP contribution in [-0.2, 0) is 26.2 Å². The van der Waals surface area contributed by atoms with Crippen LogP contribution in [0.3, 0.4) is 0 Å². The molecule has 0 heterocycles. The number of benzene rings is 3. The number of ether oxygens (including phenoxy) is 1. The first kappa shape index (κ1) is 31.4. The van der Waals surface area contributed by atoms with Crippen molar-refractivity contribution in [2.45, 2.75) is 51.2 Å². The van der Waals surface area contributed by atoms with Crippen molar-refractivity contribution in [3.8, 4) is 5.75 Å². The van der Waals surface area contributed by atoms with Crippen molar-refractivity contribution >= 4 is 55.1 Å². The second-order valence-corrected chi connectivity index (χ2v) is 12.6. The number of carbonyl (C=O) groups excluding carboxylic acids is 2. The molecule has 3 rings (SSSR count). The number of nitrogens with zero attached hydrogens (tertiary/aromatic N) is 2. The molecule has 0 fully saturated rings. The second-order valence-electron chi connectivity index (χ2n) is 9.36.